The van der Waals surface area contributed by atoms with E-state index < -0.39 is 49.2 Å². The van der Waals surface area contributed by atoms with E-state index in [4.69, 9.17) is 12.5 Å². The quantitative estimate of drug-likeness (QED) is 0.263. The Morgan fingerprint density at radius 1 is 0.568 bits per heavy atom. The molecule has 2 unspecified atom stereocenters. The average molecular weight is 569 g/mol. The third kappa shape index (κ3) is 8.19. The van der Waals surface area contributed by atoms with Crippen LogP contribution in [0, 0.1) is 0 Å². The highest BCUT2D eigenvalue weighted by Gasteiger charge is 2.35. The van der Waals surface area contributed by atoms with E-state index in [-0.39, 0.29) is 21.1 Å². The topological polar surface area (TPSA) is 130 Å². The third-order valence-corrected chi connectivity index (χ3v) is 9.24. The van der Waals surface area contributed by atoms with Gasteiger partial charge in [0.25, 0.3) is 30.4 Å². The molecule has 0 radical (unpaired) electrons. The van der Waals surface area contributed by atoms with Gasteiger partial charge in [0.15, 0.2) is 0 Å². The molecule has 0 heterocycles. The summed E-state index contributed by atoms with van der Waals surface area (Å²) >= 11 is 0. The van der Waals surface area contributed by atoms with Gasteiger partial charge in [-0.1, -0.05) is 74.4 Å². The average Bonchev–Trinajstić information content (AvgIpc) is 2.90. The minimum Gasteiger partial charge on any atom is -0.263 e. The van der Waals surface area contributed by atoms with Gasteiger partial charge in [0, 0.05) is 0 Å². The van der Waals surface area contributed by atoms with Gasteiger partial charge >= 0.3 is 0 Å². The summed E-state index contributed by atoms with van der Waals surface area (Å²) in [7, 11) is -13.1. The number of benzene rings is 3. The van der Waals surface area contributed by atoms with Crippen molar-refractivity contribution in [2.45, 2.75) is 53.1 Å². The Bertz CT molecular complexity index is 1440. The lowest BCUT2D eigenvalue weighted by atomic mass is 10.1. The summed E-state index contributed by atoms with van der Waals surface area (Å²) in [6.45, 7) is 1.05. The third-order valence-electron chi connectivity index (χ3n) is 5.24. The van der Waals surface area contributed by atoms with Crippen LogP contribution in [0.5, 0.6) is 0 Å². The van der Waals surface area contributed by atoms with Crippen LogP contribution in [0.25, 0.3) is 0 Å². The highest BCUT2D eigenvalue weighted by molar-refractivity contribution is 7.87. The van der Waals surface area contributed by atoms with Gasteiger partial charge < -0.3 is 0 Å². The molecule has 0 amide bonds. The summed E-state index contributed by atoms with van der Waals surface area (Å²) < 4.78 is 93.4. The fourth-order valence-corrected chi connectivity index (χ4v) is 6.51. The first kappa shape index (κ1) is 29.0. The van der Waals surface area contributed by atoms with E-state index in [0.717, 1.165) is 0 Å². The Morgan fingerprint density at radius 2 is 0.946 bits per heavy atom. The van der Waals surface area contributed by atoms with Crippen molar-refractivity contribution in [2.24, 2.45) is 0 Å². The normalized spacial score (nSPS) is 14.2. The molecule has 12 heteroatoms. The molecule has 2 atom stereocenters. The van der Waals surface area contributed by atoms with Crippen LogP contribution >= 0.6 is 0 Å². The molecule has 0 spiro atoms. The highest BCUT2D eigenvalue weighted by atomic mass is 32.2. The zero-order chi connectivity index (χ0) is 26.9. The molecule has 0 aliphatic carbocycles. The largest absolute Gasteiger partial charge is 0.297 e. The van der Waals surface area contributed by atoms with Gasteiger partial charge in [0.1, 0.15) is 12.2 Å². The summed E-state index contributed by atoms with van der Waals surface area (Å²) in [5, 5.41) is 0. The van der Waals surface area contributed by atoms with Crippen LogP contribution in [0.1, 0.15) is 26.2 Å². The van der Waals surface area contributed by atoms with E-state index in [1.807, 2.05) is 6.92 Å². The maximum absolute atomic E-state index is 13.0. The van der Waals surface area contributed by atoms with E-state index in [2.05, 4.69) is 0 Å². The first-order valence-electron chi connectivity index (χ1n) is 11.5. The summed E-state index contributed by atoms with van der Waals surface area (Å²) in [6, 6.07) is 21.8. The molecule has 0 aromatic heterocycles. The molecule has 0 saturated carbocycles. The predicted octanol–water partition coefficient (Wildman–Crippen LogP) is 4.13. The number of rotatable bonds is 14. The molecule has 0 aliphatic rings. The molecule has 3 aromatic carbocycles. The van der Waals surface area contributed by atoms with Gasteiger partial charge in [-0.25, -0.2) is 0 Å². The minimum absolute atomic E-state index is 0.0618. The van der Waals surface area contributed by atoms with Crippen LogP contribution in [-0.4, -0.2) is 44.1 Å². The lowest BCUT2D eigenvalue weighted by Crippen LogP contribution is -2.39. The smallest absolute Gasteiger partial charge is 0.263 e. The molecule has 0 aliphatic heterocycles. The Morgan fingerprint density at radius 3 is 1.35 bits per heavy atom. The van der Waals surface area contributed by atoms with Crippen LogP contribution in [0.2, 0.25) is 0 Å². The standard InChI is InChI=1S/C25H28O9S3/c1-2-3-19-24(33-36(28,29)22-15-9-5-10-16-22)25(34-37(30,31)23-17-11-6-12-18-23)20-32-35(26,27)21-13-7-4-8-14-21/h4-18,24-25H,2-3,19-20H2,1H3. The summed E-state index contributed by atoms with van der Waals surface area (Å²) in [6.07, 6.45) is -1.83. The second-order valence-corrected chi connectivity index (χ2v) is 12.8. The van der Waals surface area contributed by atoms with Gasteiger partial charge in [-0.2, -0.15) is 25.3 Å². The van der Waals surface area contributed by atoms with Crippen LogP contribution in [0.15, 0.2) is 106 Å². The second kappa shape index (κ2) is 12.8. The maximum Gasteiger partial charge on any atom is 0.297 e. The molecule has 3 rings (SSSR count). The van der Waals surface area contributed by atoms with Gasteiger partial charge in [-0.05, 0) is 42.8 Å². The van der Waals surface area contributed by atoms with Crippen LogP contribution in [0.3, 0.4) is 0 Å². The number of hydrogen-bond acceptors (Lipinski definition) is 9. The maximum atomic E-state index is 13.0. The number of hydrogen-bond donors (Lipinski definition) is 0. The van der Waals surface area contributed by atoms with Gasteiger partial charge in [-0.3, -0.25) is 12.5 Å². The Hall–Kier alpha value is -2.61. The van der Waals surface area contributed by atoms with Crippen molar-refractivity contribution in [1.82, 2.24) is 0 Å². The Labute approximate surface area is 218 Å². The molecule has 0 saturated heterocycles. The SMILES string of the molecule is CCCCC(OS(=O)(=O)c1ccccc1)C(COS(=O)(=O)c1ccccc1)OS(=O)(=O)c1ccccc1. The Kier molecular flexibility index (Phi) is 9.99. The molecule has 37 heavy (non-hydrogen) atoms. The van der Waals surface area contributed by atoms with Gasteiger partial charge in [0.05, 0.1) is 21.3 Å². The number of unbranched alkanes of at least 4 members (excludes halogenated alkanes) is 1. The van der Waals surface area contributed by atoms with Crippen molar-refractivity contribution in [3.05, 3.63) is 91.0 Å². The Balaban J connectivity index is 1.96. The zero-order valence-corrected chi connectivity index (χ0v) is 22.5. The van der Waals surface area contributed by atoms with Crippen molar-refractivity contribution in [1.29, 1.82) is 0 Å². The fourth-order valence-electron chi connectivity index (χ4n) is 3.32. The molecule has 9 nitrogen and oxygen atoms in total. The fraction of sp³-hybridized carbons (Fsp3) is 0.280. The zero-order valence-electron chi connectivity index (χ0n) is 20.0. The molecule has 0 fully saturated rings. The van der Waals surface area contributed by atoms with E-state index >= 15 is 0 Å². The highest BCUT2D eigenvalue weighted by Crippen LogP contribution is 2.25. The van der Waals surface area contributed by atoms with Crippen LogP contribution < -0.4 is 0 Å². The van der Waals surface area contributed by atoms with Crippen molar-refractivity contribution in [3.63, 3.8) is 0 Å². The van der Waals surface area contributed by atoms with Crippen molar-refractivity contribution in [2.75, 3.05) is 6.61 Å². The van der Waals surface area contributed by atoms with Crippen LogP contribution in [0.4, 0.5) is 0 Å². The summed E-state index contributed by atoms with van der Waals surface area (Å²) in [4.78, 5) is -0.479. The second-order valence-electron chi connectivity index (χ2n) is 8.00. The van der Waals surface area contributed by atoms with Crippen molar-refractivity contribution < 1.29 is 37.8 Å². The van der Waals surface area contributed by atoms with Crippen molar-refractivity contribution in [3.8, 4) is 0 Å². The van der Waals surface area contributed by atoms with Gasteiger partial charge in [0.2, 0.25) is 0 Å². The summed E-state index contributed by atoms with van der Waals surface area (Å²) in [5.74, 6) is 0. The first-order chi connectivity index (χ1) is 17.5. The molecule has 0 N–H and O–H groups in total. The monoisotopic (exact) mass is 568 g/mol. The molecule has 0 bridgehead atoms. The van der Waals surface area contributed by atoms with E-state index in [1.165, 1.54) is 72.8 Å². The van der Waals surface area contributed by atoms with Gasteiger partial charge in [-0.15, -0.1) is 0 Å². The lowest BCUT2D eigenvalue weighted by molar-refractivity contribution is 0.0262. The summed E-state index contributed by atoms with van der Waals surface area (Å²) in [5.41, 5.74) is 0. The molecular weight excluding hydrogens is 540 g/mol. The van der Waals surface area contributed by atoms with Crippen molar-refractivity contribution >= 4 is 30.4 Å². The first-order valence-corrected chi connectivity index (χ1v) is 15.7. The molecule has 3 aromatic rings. The molecule has 200 valence electrons. The lowest BCUT2D eigenvalue weighted by Gasteiger charge is -2.26. The van der Waals surface area contributed by atoms with Crippen LogP contribution in [-0.2, 0) is 42.9 Å². The predicted molar refractivity (Wildman–Crippen MR) is 136 cm³/mol. The molecular formula is C25H28O9S3. The van der Waals surface area contributed by atoms with E-state index in [0.29, 0.717) is 12.8 Å². The van der Waals surface area contributed by atoms with E-state index in [1.54, 1.807) is 18.2 Å². The van der Waals surface area contributed by atoms with E-state index in [9.17, 15) is 25.3 Å². The minimum atomic E-state index is -4.43.